The van der Waals surface area contributed by atoms with Crippen LogP contribution in [0.2, 0.25) is 0 Å². The van der Waals surface area contributed by atoms with E-state index in [0.717, 1.165) is 43.5 Å². The Kier molecular flexibility index (Phi) is 6.02. The van der Waals surface area contributed by atoms with E-state index in [-0.39, 0.29) is 24.4 Å². The zero-order valence-electron chi connectivity index (χ0n) is 14.9. The number of para-hydroxylation sites is 1. The number of hydrogen-bond donors (Lipinski definition) is 2. The van der Waals surface area contributed by atoms with E-state index in [1.807, 2.05) is 47.4 Å². The average Bonchev–Trinajstić information content (AvgIpc) is 2.64. The van der Waals surface area contributed by atoms with Crippen LogP contribution in [0.3, 0.4) is 0 Å². The first-order valence-corrected chi connectivity index (χ1v) is 9.08. The molecule has 0 unspecified atom stereocenters. The van der Waals surface area contributed by atoms with Gasteiger partial charge in [-0.05, 0) is 43.0 Å². The van der Waals surface area contributed by atoms with Gasteiger partial charge in [0.1, 0.15) is 0 Å². The summed E-state index contributed by atoms with van der Waals surface area (Å²) in [5.41, 5.74) is 8.56. The minimum absolute atomic E-state index is 0.112. The predicted molar refractivity (Wildman–Crippen MR) is 103 cm³/mol. The van der Waals surface area contributed by atoms with E-state index in [0.29, 0.717) is 0 Å². The van der Waals surface area contributed by atoms with Crippen molar-refractivity contribution in [3.05, 3.63) is 65.7 Å². The van der Waals surface area contributed by atoms with Crippen molar-refractivity contribution in [3.8, 4) is 0 Å². The molecule has 3 rings (SSSR count). The van der Waals surface area contributed by atoms with Crippen LogP contribution in [0.25, 0.3) is 0 Å². The highest BCUT2D eigenvalue weighted by atomic mass is 16.2. The van der Waals surface area contributed by atoms with Crippen molar-refractivity contribution in [1.82, 2.24) is 4.90 Å². The smallest absolute Gasteiger partial charge is 0.238 e. The number of piperidine rings is 1. The summed E-state index contributed by atoms with van der Waals surface area (Å²) in [6, 6.07) is 17.6. The van der Waals surface area contributed by atoms with Crippen molar-refractivity contribution < 1.29 is 9.59 Å². The molecule has 1 aliphatic heterocycles. The molecule has 2 aromatic carbocycles. The van der Waals surface area contributed by atoms with E-state index in [2.05, 4.69) is 17.4 Å². The summed E-state index contributed by atoms with van der Waals surface area (Å²) < 4.78 is 0. The Morgan fingerprint density at radius 3 is 2.54 bits per heavy atom. The number of anilines is 1. The van der Waals surface area contributed by atoms with Crippen LogP contribution in [0.15, 0.2) is 54.6 Å². The molecule has 5 nitrogen and oxygen atoms in total. The van der Waals surface area contributed by atoms with Crippen LogP contribution in [0, 0.1) is 0 Å². The third-order valence-corrected chi connectivity index (χ3v) is 4.82. The van der Waals surface area contributed by atoms with Crippen LogP contribution in [-0.4, -0.2) is 35.8 Å². The number of hydrogen-bond acceptors (Lipinski definition) is 3. The van der Waals surface area contributed by atoms with Gasteiger partial charge in [-0.25, -0.2) is 0 Å². The number of carbonyl (C=O) groups is 2. The molecule has 1 atom stereocenters. The Balaban J connectivity index is 1.66. The molecule has 3 N–H and O–H groups in total. The zero-order chi connectivity index (χ0) is 18.4. The molecule has 0 radical (unpaired) electrons. The highest BCUT2D eigenvalue weighted by Crippen LogP contribution is 2.20. The van der Waals surface area contributed by atoms with Crippen LogP contribution in [-0.2, 0) is 16.0 Å². The Hall–Kier alpha value is -2.66. The average molecular weight is 351 g/mol. The Bertz CT molecular complexity index is 761. The predicted octanol–water partition coefficient (Wildman–Crippen LogP) is 2.56. The van der Waals surface area contributed by atoms with E-state index >= 15 is 0 Å². The molecule has 5 heteroatoms. The van der Waals surface area contributed by atoms with Gasteiger partial charge in [-0.1, -0.05) is 55.0 Å². The van der Waals surface area contributed by atoms with Crippen LogP contribution in [0.5, 0.6) is 0 Å². The topological polar surface area (TPSA) is 75.4 Å². The number of rotatable bonds is 6. The van der Waals surface area contributed by atoms with Crippen molar-refractivity contribution >= 4 is 17.5 Å². The highest BCUT2D eigenvalue weighted by molar-refractivity contribution is 5.93. The largest absolute Gasteiger partial charge is 0.368 e. The van der Waals surface area contributed by atoms with Gasteiger partial charge in [-0.15, -0.1) is 0 Å². The first kappa shape index (κ1) is 18.1. The van der Waals surface area contributed by atoms with Gasteiger partial charge >= 0.3 is 0 Å². The van der Waals surface area contributed by atoms with Crippen molar-refractivity contribution in [3.63, 3.8) is 0 Å². The van der Waals surface area contributed by atoms with E-state index < -0.39 is 0 Å². The second-order valence-corrected chi connectivity index (χ2v) is 6.75. The fraction of sp³-hybridized carbons (Fsp3) is 0.333. The van der Waals surface area contributed by atoms with Crippen LogP contribution in [0.1, 0.15) is 30.4 Å². The Labute approximate surface area is 154 Å². The molecule has 0 aromatic heterocycles. The molecule has 136 valence electrons. The molecule has 0 saturated carbocycles. The highest BCUT2D eigenvalue weighted by Gasteiger charge is 2.28. The minimum Gasteiger partial charge on any atom is -0.368 e. The lowest BCUT2D eigenvalue weighted by molar-refractivity contribution is -0.126. The Morgan fingerprint density at radius 1 is 1.04 bits per heavy atom. The molecule has 1 heterocycles. The van der Waals surface area contributed by atoms with Gasteiger partial charge in [0.05, 0.1) is 12.6 Å². The second kappa shape index (κ2) is 8.63. The number of nitrogens with two attached hydrogens (primary N) is 1. The molecule has 2 amide bonds. The summed E-state index contributed by atoms with van der Waals surface area (Å²) in [4.78, 5) is 26.0. The second-order valence-electron chi connectivity index (χ2n) is 6.75. The van der Waals surface area contributed by atoms with Gasteiger partial charge < -0.3 is 11.1 Å². The monoisotopic (exact) mass is 351 g/mol. The molecular formula is C21H25N3O2. The number of likely N-dealkylation sites (tertiary alicyclic amines) is 1. The number of primary amides is 1. The number of nitrogens with zero attached hydrogens (tertiary/aromatic N) is 1. The van der Waals surface area contributed by atoms with E-state index in [9.17, 15) is 9.59 Å². The molecule has 1 saturated heterocycles. The Morgan fingerprint density at radius 2 is 1.77 bits per heavy atom. The molecule has 1 aliphatic rings. The normalized spacial score (nSPS) is 17.6. The van der Waals surface area contributed by atoms with Crippen LogP contribution in [0.4, 0.5) is 5.69 Å². The number of carbonyl (C=O) groups excluding carboxylic acids is 2. The molecule has 1 fully saturated rings. The van der Waals surface area contributed by atoms with Crippen LogP contribution >= 0.6 is 0 Å². The maximum absolute atomic E-state index is 12.5. The van der Waals surface area contributed by atoms with Gasteiger partial charge in [-0.3, -0.25) is 14.5 Å². The van der Waals surface area contributed by atoms with Crippen molar-refractivity contribution in [2.75, 3.05) is 18.4 Å². The standard InChI is InChI=1S/C21H25N3O2/c22-21(26)19-12-6-7-13-24(19)15-20(25)23-18-11-5-4-10-17(18)14-16-8-2-1-3-9-16/h1-5,8-11,19H,6-7,12-15H2,(H2,22,26)(H,23,25)/t19-/m1/s1. The van der Waals surface area contributed by atoms with Gasteiger partial charge in [-0.2, -0.15) is 0 Å². The lowest BCUT2D eigenvalue weighted by Gasteiger charge is -2.32. The van der Waals surface area contributed by atoms with Gasteiger partial charge in [0, 0.05) is 5.69 Å². The molecule has 0 bridgehead atoms. The fourth-order valence-corrected chi connectivity index (χ4v) is 3.49. The summed E-state index contributed by atoms with van der Waals surface area (Å²) in [6.45, 7) is 0.917. The summed E-state index contributed by atoms with van der Waals surface area (Å²) in [5.74, 6) is -0.458. The molecule has 26 heavy (non-hydrogen) atoms. The minimum atomic E-state index is -0.345. The summed E-state index contributed by atoms with van der Waals surface area (Å²) >= 11 is 0. The van der Waals surface area contributed by atoms with Crippen molar-refractivity contribution in [1.29, 1.82) is 0 Å². The van der Waals surface area contributed by atoms with Crippen LogP contribution < -0.4 is 11.1 Å². The zero-order valence-corrected chi connectivity index (χ0v) is 14.9. The van der Waals surface area contributed by atoms with E-state index in [1.54, 1.807) is 0 Å². The summed E-state index contributed by atoms with van der Waals surface area (Å²) in [7, 11) is 0. The molecule has 0 aliphatic carbocycles. The van der Waals surface area contributed by atoms with Gasteiger partial charge in [0.2, 0.25) is 11.8 Å². The number of nitrogens with one attached hydrogen (secondary N) is 1. The third kappa shape index (κ3) is 4.70. The van der Waals surface area contributed by atoms with Crippen molar-refractivity contribution in [2.24, 2.45) is 5.73 Å². The van der Waals surface area contributed by atoms with E-state index in [1.165, 1.54) is 5.56 Å². The summed E-state index contributed by atoms with van der Waals surface area (Å²) in [5, 5.41) is 3.00. The lowest BCUT2D eigenvalue weighted by atomic mass is 10.0. The maximum atomic E-state index is 12.5. The fourth-order valence-electron chi connectivity index (χ4n) is 3.49. The number of benzene rings is 2. The van der Waals surface area contributed by atoms with Gasteiger partial charge in [0.25, 0.3) is 0 Å². The quantitative estimate of drug-likeness (QED) is 0.840. The first-order chi connectivity index (χ1) is 12.6. The van der Waals surface area contributed by atoms with Gasteiger partial charge in [0.15, 0.2) is 0 Å². The van der Waals surface area contributed by atoms with E-state index in [4.69, 9.17) is 5.73 Å². The maximum Gasteiger partial charge on any atom is 0.238 e. The lowest BCUT2D eigenvalue weighted by Crippen LogP contribution is -2.50. The molecule has 2 aromatic rings. The third-order valence-electron chi connectivity index (χ3n) is 4.82. The summed E-state index contributed by atoms with van der Waals surface area (Å²) in [6.07, 6.45) is 3.45. The first-order valence-electron chi connectivity index (χ1n) is 9.08. The molecule has 0 spiro atoms. The SMILES string of the molecule is NC(=O)[C@H]1CCCCN1CC(=O)Nc1ccccc1Cc1ccccc1. The van der Waals surface area contributed by atoms with Crippen molar-refractivity contribution in [2.45, 2.75) is 31.7 Å². The number of amides is 2. The molecular weight excluding hydrogens is 326 g/mol.